The summed E-state index contributed by atoms with van der Waals surface area (Å²) in [5, 5.41) is 14.0. The van der Waals surface area contributed by atoms with Crippen molar-refractivity contribution in [1.29, 1.82) is 0 Å². The molecule has 7 nitrogen and oxygen atoms in total. The SMILES string of the molecule is COCc1noc(C2CN(C(=O)c3cccc(Cl)c3)CC2CO)n1. The highest BCUT2D eigenvalue weighted by Crippen LogP contribution is 2.32. The van der Waals surface area contributed by atoms with Crippen molar-refractivity contribution in [1.82, 2.24) is 15.0 Å². The summed E-state index contributed by atoms with van der Waals surface area (Å²) in [5.74, 6) is 0.390. The molecule has 0 bridgehead atoms. The van der Waals surface area contributed by atoms with Crippen molar-refractivity contribution in [2.24, 2.45) is 5.92 Å². The molecule has 1 fully saturated rings. The Morgan fingerprint density at radius 2 is 2.33 bits per heavy atom. The molecule has 2 heterocycles. The summed E-state index contributed by atoms with van der Waals surface area (Å²) < 4.78 is 10.2. The number of carbonyl (C=O) groups is 1. The van der Waals surface area contributed by atoms with Crippen LogP contribution in [0.3, 0.4) is 0 Å². The van der Waals surface area contributed by atoms with E-state index in [9.17, 15) is 9.90 Å². The third kappa shape index (κ3) is 3.43. The first kappa shape index (κ1) is 16.9. The van der Waals surface area contributed by atoms with Gasteiger partial charge in [0, 0.05) is 43.3 Å². The average molecular weight is 352 g/mol. The fourth-order valence-corrected chi connectivity index (χ4v) is 3.10. The van der Waals surface area contributed by atoms with Crippen LogP contribution in [0.25, 0.3) is 0 Å². The van der Waals surface area contributed by atoms with Crippen molar-refractivity contribution < 1.29 is 19.2 Å². The summed E-state index contributed by atoms with van der Waals surface area (Å²) in [5.41, 5.74) is 0.519. The predicted molar refractivity (Wildman–Crippen MR) is 85.7 cm³/mol. The fraction of sp³-hybridized carbons (Fsp3) is 0.438. The van der Waals surface area contributed by atoms with E-state index in [1.54, 1.807) is 36.3 Å². The van der Waals surface area contributed by atoms with Crippen LogP contribution < -0.4 is 0 Å². The molecule has 2 atom stereocenters. The molecule has 0 saturated carbocycles. The van der Waals surface area contributed by atoms with Gasteiger partial charge < -0.3 is 19.3 Å². The van der Waals surface area contributed by atoms with Crippen molar-refractivity contribution >= 4 is 17.5 Å². The van der Waals surface area contributed by atoms with Gasteiger partial charge >= 0.3 is 0 Å². The average Bonchev–Trinajstić information content (AvgIpc) is 3.21. The van der Waals surface area contributed by atoms with Crippen LogP contribution in [0.1, 0.15) is 28.0 Å². The Morgan fingerprint density at radius 1 is 1.50 bits per heavy atom. The number of halogens is 1. The molecular formula is C16H18ClN3O4. The lowest BCUT2D eigenvalue weighted by Gasteiger charge is -2.16. The number of hydrogen-bond donors (Lipinski definition) is 1. The Hall–Kier alpha value is -1.96. The van der Waals surface area contributed by atoms with Crippen LogP contribution in [0, 0.1) is 5.92 Å². The Labute approximate surface area is 144 Å². The van der Waals surface area contributed by atoms with Gasteiger partial charge in [-0.25, -0.2) is 0 Å². The maximum Gasteiger partial charge on any atom is 0.253 e. The number of methoxy groups -OCH3 is 1. The minimum absolute atomic E-state index is 0.0635. The molecule has 0 aliphatic carbocycles. The Morgan fingerprint density at radius 3 is 3.04 bits per heavy atom. The van der Waals surface area contributed by atoms with Crippen molar-refractivity contribution in [3.05, 3.63) is 46.6 Å². The first-order chi connectivity index (χ1) is 11.6. The Bertz CT molecular complexity index is 721. The van der Waals surface area contributed by atoms with Gasteiger partial charge in [0.1, 0.15) is 6.61 Å². The number of aromatic nitrogens is 2. The highest BCUT2D eigenvalue weighted by Gasteiger charge is 2.39. The standard InChI is InChI=1S/C16H18ClN3O4/c1-23-9-14-18-15(24-19-14)13-7-20(6-11(13)8-21)16(22)10-3-2-4-12(17)5-10/h2-5,11,13,21H,6-9H2,1H3. The van der Waals surface area contributed by atoms with Crippen LogP contribution >= 0.6 is 11.6 Å². The number of nitrogens with zero attached hydrogens (tertiary/aromatic N) is 3. The van der Waals surface area contributed by atoms with Gasteiger partial charge in [-0.2, -0.15) is 4.98 Å². The molecule has 1 aromatic heterocycles. The molecule has 1 aliphatic heterocycles. The van der Waals surface area contributed by atoms with Crippen LogP contribution in [-0.4, -0.2) is 52.9 Å². The van der Waals surface area contributed by atoms with Crippen LogP contribution in [0.15, 0.2) is 28.8 Å². The van der Waals surface area contributed by atoms with E-state index in [-0.39, 0.29) is 31.0 Å². The van der Waals surface area contributed by atoms with Gasteiger partial charge in [0.25, 0.3) is 5.91 Å². The topological polar surface area (TPSA) is 88.7 Å². The van der Waals surface area contributed by atoms with Gasteiger partial charge in [0.15, 0.2) is 5.82 Å². The lowest BCUT2D eigenvalue weighted by atomic mass is 9.97. The van der Waals surface area contributed by atoms with Gasteiger partial charge in [0.2, 0.25) is 5.89 Å². The lowest BCUT2D eigenvalue weighted by molar-refractivity contribution is 0.0781. The second-order valence-electron chi connectivity index (χ2n) is 5.75. The van der Waals surface area contributed by atoms with E-state index in [1.807, 2.05) is 0 Å². The monoisotopic (exact) mass is 351 g/mol. The summed E-state index contributed by atoms with van der Waals surface area (Å²) in [7, 11) is 1.55. The molecule has 3 rings (SSSR count). The van der Waals surface area contributed by atoms with Gasteiger partial charge in [0.05, 0.1) is 5.92 Å². The number of benzene rings is 1. The normalized spacial score (nSPS) is 20.5. The quantitative estimate of drug-likeness (QED) is 0.882. The number of amides is 1. The molecule has 1 aromatic carbocycles. The summed E-state index contributed by atoms with van der Waals surface area (Å²) >= 11 is 5.95. The first-order valence-electron chi connectivity index (χ1n) is 7.59. The third-order valence-corrected chi connectivity index (χ3v) is 4.34. The van der Waals surface area contributed by atoms with Crippen LogP contribution in [0.5, 0.6) is 0 Å². The zero-order valence-electron chi connectivity index (χ0n) is 13.2. The number of ether oxygens (including phenoxy) is 1. The maximum absolute atomic E-state index is 12.6. The number of aliphatic hydroxyl groups is 1. The van der Waals surface area contributed by atoms with Crippen molar-refractivity contribution in [3.63, 3.8) is 0 Å². The third-order valence-electron chi connectivity index (χ3n) is 4.11. The van der Waals surface area contributed by atoms with Gasteiger partial charge in [-0.3, -0.25) is 4.79 Å². The minimum Gasteiger partial charge on any atom is -0.396 e. The molecule has 128 valence electrons. The maximum atomic E-state index is 12.6. The molecule has 2 aromatic rings. The van der Waals surface area contributed by atoms with E-state index in [2.05, 4.69) is 10.1 Å². The van der Waals surface area contributed by atoms with Crippen molar-refractivity contribution in [2.75, 3.05) is 26.8 Å². The fourth-order valence-electron chi connectivity index (χ4n) is 2.91. The highest BCUT2D eigenvalue weighted by molar-refractivity contribution is 6.30. The van der Waals surface area contributed by atoms with E-state index >= 15 is 0 Å². The number of rotatable bonds is 5. The number of aliphatic hydroxyl groups excluding tert-OH is 1. The largest absolute Gasteiger partial charge is 0.396 e. The van der Waals surface area contributed by atoms with Crippen LogP contribution in [0.4, 0.5) is 0 Å². The van der Waals surface area contributed by atoms with E-state index in [4.69, 9.17) is 20.9 Å². The lowest BCUT2D eigenvalue weighted by Crippen LogP contribution is -2.29. The molecule has 8 heteroatoms. The van der Waals surface area contributed by atoms with Crippen molar-refractivity contribution in [3.8, 4) is 0 Å². The number of likely N-dealkylation sites (tertiary alicyclic amines) is 1. The number of carbonyl (C=O) groups excluding carboxylic acids is 1. The summed E-state index contributed by atoms with van der Waals surface area (Å²) in [6, 6.07) is 6.81. The molecule has 1 amide bonds. The Kier molecular flexibility index (Phi) is 5.13. The van der Waals surface area contributed by atoms with E-state index in [1.165, 1.54) is 0 Å². The van der Waals surface area contributed by atoms with Gasteiger partial charge in [-0.15, -0.1) is 0 Å². The molecule has 0 radical (unpaired) electrons. The summed E-state index contributed by atoms with van der Waals surface area (Å²) in [6.07, 6.45) is 0. The number of hydrogen-bond acceptors (Lipinski definition) is 6. The molecule has 0 spiro atoms. The van der Waals surface area contributed by atoms with E-state index in [0.29, 0.717) is 35.4 Å². The minimum atomic E-state index is -0.198. The van der Waals surface area contributed by atoms with Crippen LogP contribution in [0.2, 0.25) is 5.02 Å². The molecular weight excluding hydrogens is 334 g/mol. The zero-order chi connectivity index (χ0) is 17.1. The highest BCUT2D eigenvalue weighted by atomic mass is 35.5. The van der Waals surface area contributed by atoms with E-state index < -0.39 is 0 Å². The molecule has 1 N–H and O–H groups in total. The molecule has 2 unspecified atom stereocenters. The van der Waals surface area contributed by atoms with Crippen LogP contribution in [-0.2, 0) is 11.3 Å². The summed E-state index contributed by atoms with van der Waals surface area (Å²) in [4.78, 5) is 18.6. The first-order valence-corrected chi connectivity index (χ1v) is 7.97. The Balaban J connectivity index is 1.77. The second-order valence-corrected chi connectivity index (χ2v) is 6.19. The smallest absolute Gasteiger partial charge is 0.253 e. The predicted octanol–water partition coefficient (Wildman–Crippen LogP) is 1.72. The van der Waals surface area contributed by atoms with Crippen molar-refractivity contribution in [2.45, 2.75) is 12.5 Å². The van der Waals surface area contributed by atoms with Gasteiger partial charge in [-0.05, 0) is 18.2 Å². The second kappa shape index (κ2) is 7.29. The van der Waals surface area contributed by atoms with Gasteiger partial charge in [-0.1, -0.05) is 22.8 Å². The summed E-state index contributed by atoms with van der Waals surface area (Å²) in [6.45, 7) is 1.02. The molecule has 1 aliphatic rings. The zero-order valence-corrected chi connectivity index (χ0v) is 13.9. The van der Waals surface area contributed by atoms with E-state index in [0.717, 1.165) is 0 Å². The molecule has 1 saturated heterocycles. The molecule has 24 heavy (non-hydrogen) atoms.